The molecule has 1 amide bonds. The van der Waals surface area contributed by atoms with Crippen molar-refractivity contribution in [3.05, 3.63) is 30.3 Å². The Morgan fingerprint density at radius 3 is 2.35 bits per heavy atom. The molecule has 0 atom stereocenters. The molecule has 0 radical (unpaired) electrons. The Kier molecular flexibility index (Phi) is 3.09. The van der Waals surface area contributed by atoms with E-state index in [1.54, 1.807) is 6.92 Å². The minimum atomic E-state index is -0.0973. The van der Waals surface area contributed by atoms with Crippen LogP contribution in [0.1, 0.15) is 20.8 Å². The van der Waals surface area contributed by atoms with Gasteiger partial charge in [-0.1, -0.05) is 18.2 Å². The summed E-state index contributed by atoms with van der Waals surface area (Å²) in [5.74, 6) is 0.169. The van der Waals surface area contributed by atoms with E-state index in [0.717, 1.165) is 19.6 Å². The number of piperazine rings is 1. The van der Waals surface area contributed by atoms with Crippen molar-refractivity contribution in [1.29, 1.82) is 0 Å². The number of nitrogens with zero attached hydrogens (tertiary/aromatic N) is 2. The number of hydrogen-bond donors (Lipinski definition) is 0. The fourth-order valence-corrected chi connectivity index (χ4v) is 2.60. The molecular formula is C14H20N2O. The molecule has 3 nitrogen and oxygen atoms in total. The van der Waals surface area contributed by atoms with Gasteiger partial charge in [-0.3, -0.25) is 4.79 Å². The molecule has 3 heteroatoms. The monoisotopic (exact) mass is 232 g/mol. The average Bonchev–Trinajstić information content (AvgIpc) is 2.28. The summed E-state index contributed by atoms with van der Waals surface area (Å²) in [7, 11) is 0. The van der Waals surface area contributed by atoms with Gasteiger partial charge in [0, 0.05) is 32.2 Å². The molecule has 1 aromatic rings. The van der Waals surface area contributed by atoms with E-state index in [9.17, 15) is 4.79 Å². The molecule has 92 valence electrons. The number of anilines is 1. The van der Waals surface area contributed by atoms with Crippen molar-refractivity contribution < 1.29 is 4.79 Å². The lowest BCUT2D eigenvalue weighted by atomic mass is 9.98. The Labute approximate surface area is 103 Å². The van der Waals surface area contributed by atoms with Gasteiger partial charge in [-0.2, -0.15) is 0 Å². The van der Waals surface area contributed by atoms with Crippen LogP contribution in [0.15, 0.2) is 30.3 Å². The Bertz CT molecular complexity index is 400. The quantitative estimate of drug-likeness (QED) is 0.740. The second-order valence-electron chi connectivity index (χ2n) is 5.24. The van der Waals surface area contributed by atoms with Crippen LogP contribution < -0.4 is 4.90 Å². The van der Waals surface area contributed by atoms with Crippen molar-refractivity contribution in [2.45, 2.75) is 26.3 Å². The van der Waals surface area contributed by atoms with Crippen LogP contribution in [-0.4, -0.2) is 36.0 Å². The van der Waals surface area contributed by atoms with Crippen LogP contribution in [0.3, 0.4) is 0 Å². The SMILES string of the molecule is CC(=O)N1CCN(c2ccccc2)CC1(C)C. The van der Waals surface area contributed by atoms with Gasteiger partial charge in [0.25, 0.3) is 0 Å². The minimum absolute atomic E-state index is 0.0973. The molecule has 1 aliphatic heterocycles. The molecule has 1 heterocycles. The summed E-state index contributed by atoms with van der Waals surface area (Å²) >= 11 is 0. The zero-order valence-corrected chi connectivity index (χ0v) is 10.8. The first-order valence-corrected chi connectivity index (χ1v) is 6.09. The first-order valence-electron chi connectivity index (χ1n) is 6.09. The van der Waals surface area contributed by atoms with E-state index in [-0.39, 0.29) is 11.4 Å². The topological polar surface area (TPSA) is 23.6 Å². The van der Waals surface area contributed by atoms with Crippen molar-refractivity contribution in [3.63, 3.8) is 0 Å². The van der Waals surface area contributed by atoms with E-state index < -0.39 is 0 Å². The van der Waals surface area contributed by atoms with Gasteiger partial charge in [-0.15, -0.1) is 0 Å². The van der Waals surface area contributed by atoms with Crippen molar-refractivity contribution in [1.82, 2.24) is 4.90 Å². The number of carbonyl (C=O) groups excluding carboxylic acids is 1. The van der Waals surface area contributed by atoms with Gasteiger partial charge >= 0.3 is 0 Å². The Balaban J connectivity index is 2.15. The highest BCUT2D eigenvalue weighted by atomic mass is 16.2. The molecule has 0 aliphatic carbocycles. The van der Waals surface area contributed by atoms with E-state index in [1.165, 1.54) is 5.69 Å². The van der Waals surface area contributed by atoms with Gasteiger partial charge < -0.3 is 9.80 Å². The highest BCUT2D eigenvalue weighted by Crippen LogP contribution is 2.25. The molecule has 1 aliphatic rings. The highest BCUT2D eigenvalue weighted by molar-refractivity contribution is 5.74. The summed E-state index contributed by atoms with van der Waals surface area (Å²) < 4.78 is 0. The second-order valence-corrected chi connectivity index (χ2v) is 5.24. The molecule has 1 saturated heterocycles. The van der Waals surface area contributed by atoms with Gasteiger partial charge in [0.15, 0.2) is 0 Å². The predicted octanol–water partition coefficient (Wildman–Crippen LogP) is 2.13. The normalized spacial score (nSPS) is 19.2. The summed E-state index contributed by atoms with van der Waals surface area (Å²) in [5.41, 5.74) is 1.14. The molecular weight excluding hydrogens is 212 g/mol. The van der Waals surface area contributed by atoms with E-state index >= 15 is 0 Å². The van der Waals surface area contributed by atoms with Crippen molar-refractivity contribution in [3.8, 4) is 0 Å². The van der Waals surface area contributed by atoms with Gasteiger partial charge in [0.2, 0.25) is 5.91 Å². The van der Waals surface area contributed by atoms with Crippen LogP contribution in [0.2, 0.25) is 0 Å². The maximum atomic E-state index is 11.6. The van der Waals surface area contributed by atoms with Gasteiger partial charge in [0.05, 0.1) is 5.54 Å². The van der Waals surface area contributed by atoms with Crippen molar-refractivity contribution in [2.75, 3.05) is 24.5 Å². The van der Waals surface area contributed by atoms with E-state index in [4.69, 9.17) is 0 Å². The van der Waals surface area contributed by atoms with Crippen LogP contribution in [0, 0.1) is 0 Å². The van der Waals surface area contributed by atoms with Crippen molar-refractivity contribution in [2.24, 2.45) is 0 Å². The van der Waals surface area contributed by atoms with Gasteiger partial charge in [0.1, 0.15) is 0 Å². The minimum Gasteiger partial charge on any atom is -0.367 e. The third kappa shape index (κ3) is 2.43. The van der Waals surface area contributed by atoms with Crippen LogP contribution in [0.5, 0.6) is 0 Å². The number of rotatable bonds is 1. The lowest BCUT2D eigenvalue weighted by Crippen LogP contribution is -2.60. The third-order valence-electron chi connectivity index (χ3n) is 3.40. The Morgan fingerprint density at radius 1 is 1.18 bits per heavy atom. The lowest BCUT2D eigenvalue weighted by Gasteiger charge is -2.47. The van der Waals surface area contributed by atoms with Crippen LogP contribution in [0.25, 0.3) is 0 Å². The number of hydrogen-bond acceptors (Lipinski definition) is 2. The van der Waals surface area contributed by atoms with Crippen LogP contribution >= 0.6 is 0 Å². The molecule has 0 saturated carbocycles. The number of amides is 1. The molecule has 0 aromatic heterocycles. The van der Waals surface area contributed by atoms with E-state index in [2.05, 4.69) is 43.0 Å². The maximum Gasteiger partial charge on any atom is 0.220 e. The lowest BCUT2D eigenvalue weighted by molar-refractivity contribution is -0.134. The molecule has 1 fully saturated rings. The highest BCUT2D eigenvalue weighted by Gasteiger charge is 2.35. The predicted molar refractivity (Wildman–Crippen MR) is 70.1 cm³/mol. The number of benzene rings is 1. The second kappa shape index (κ2) is 4.40. The van der Waals surface area contributed by atoms with Crippen LogP contribution in [-0.2, 0) is 4.79 Å². The Hall–Kier alpha value is -1.51. The molecule has 0 unspecified atom stereocenters. The number of para-hydroxylation sites is 1. The molecule has 1 aromatic carbocycles. The maximum absolute atomic E-state index is 11.6. The summed E-state index contributed by atoms with van der Waals surface area (Å²) in [5, 5.41) is 0. The molecule has 0 bridgehead atoms. The molecule has 0 N–H and O–H groups in total. The number of carbonyl (C=O) groups is 1. The van der Waals surface area contributed by atoms with Gasteiger partial charge in [-0.05, 0) is 26.0 Å². The zero-order valence-electron chi connectivity index (χ0n) is 10.8. The molecule has 0 spiro atoms. The summed E-state index contributed by atoms with van der Waals surface area (Å²) in [4.78, 5) is 15.9. The fourth-order valence-electron chi connectivity index (χ4n) is 2.60. The molecule has 17 heavy (non-hydrogen) atoms. The first kappa shape index (κ1) is 12.0. The van der Waals surface area contributed by atoms with Gasteiger partial charge in [-0.25, -0.2) is 0 Å². The van der Waals surface area contributed by atoms with Crippen molar-refractivity contribution >= 4 is 11.6 Å². The largest absolute Gasteiger partial charge is 0.367 e. The smallest absolute Gasteiger partial charge is 0.220 e. The fraction of sp³-hybridized carbons (Fsp3) is 0.500. The third-order valence-corrected chi connectivity index (χ3v) is 3.40. The van der Waals surface area contributed by atoms with E-state index in [1.807, 2.05) is 11.0 Å². The molecule has 2 rings (SSSR count). The van der Waals surface area contributed by atoms with E-state index in [0.29, 0.717) is 0 Å². The van der Waals surface area contributed by atoms with Crippen LogP contribution in [0.4, 0.5) is 5.69 Å². The first-order chi connectivity index (χ1) is 8.00. The Morgan fingerprint density at radius 2 is 1.82 bits per heavy atom. The average molecular weight is 232 g/mol. The summed E-state index contributed by atoms with van der Waals surface area (Å²) in [6, 6.07) is 10.4. The summed E-state index contributed by atoms with van der Waals surface area (Å²) in [6.45, 7) is 8.51. The summed E-state index contributed by atoms with van der Waals surface area (Å²) in [6.07, 6.45) is 0. The standard InChI is InChI=1S/C14H20N2O/c1-12(17)16-10-9-15(11-14(16,2)3)13-7-5-4-6-8-13/h4-8H,9-11H2,1-3H3. The zero-order chi connectivity index (χ0) is 12.5.